The van der Waals surface area contributed by atoms with Crippen molar-refractivity contribution in [1.82, 2.24) is 0 Å². The van der Waals surface area contributed by atoms with Gasteiger partial charge in [0.15, 0.2) is 5.75 Å². The average molecular weight is 296 g/mol. The molecule has 94 valence electrons. The van der Waals surface area contributed by atoms with Crippen molar-refractivity contribution in [3.63, 3.8) is 0 Å². The number of sulfonamides is 1. The summed E-state index contributed by atoms with van der Waals surface area (Å²) in [6, 6.07) is 2.40. The molecule has 0 bridgehead atoms. The van der Waals surface area contributed by atoms with Gasteiger partial charge in [-0.3, -0.25) is 0 Å². The van der Waals surface area contributed by atoms with Crippen molar-refractivity contribution in [2.75, 3.05) is 6.61 Å². The van der Waals surface area contributed by atoms with E-state index in [2.05, 4.69) is 6.58 Å². The number of halogens is 2. The molecular formula is C10H11Cl2NO3S. The molecule has 0 saturated heterocycles. The van der Waals surface area contributed by atoms with Crippen LogP contribution in [0.1, 0.15) is 6.42 Å². The minimum absolute atomic E-state index is 0.102. The van der Waals surface area contributed by atoms with E-state index in [4.69, 9.17) is 33.1 Å². The normalized spacial score (nSPS) is 11.2. The molecule has 0 unspecified atom stereocenters. The zero-order valence-electron chi connectivity index (χ0n) is 8.82. The van der Waals surface area contributed by atoms with Crippen LogP contribution in [0.4, 0.5) is 0 Å². The van der Waals surface area contributed by atoms with Crippen LogP contribution in [0.3, 0.4) is 0 Å². The van der Waals surface area contributed by atoms with Gasteiger partial charge in [-0.25, -0.2) is 13.6 Å². The maximum absolute atomic E-state index is 11.1. The molecule has 1 aromatic rings. The standard InChI is InChI=1S/C10H11Cl2NO3S/c1-2-3-4-16-10-8(11)5-7(6-9(10)12)17(13,14)15/h2,5-6H,1,3-4H2,(H2,13,14,15). The summed E-state index contributed by atoms with van der Waals surface area (Å²) in [7, 11) is -3.83. The van der Waals surface area contributed by atoms with Gasteiger partial charge in [-0.2, -0.15) is 0 Å². The monoisotopic (exact) mass is 295 g/mol. The highest BCUT2D eigenvalue weighted by Gasteiger charge is 2.15. The summed E-state index contributed by atoms with van der Waals surface area (Å²) < 4.78 is 27.5. The lowest BCUT2D eigenvalue weighted by Gasteiger charge is -2.10. The van der Waals surface area contributed by atoms with E-state index in [0.29, 0.717) is 13.0 Å². The maximum Gasteiger partial charge on any atom is 0.238 e. The Morgan fingerprint density at radius 2 is 1.88 bits per heavy atom. The molecule has 0 aliphatic heterocycles. The number of hydrogen-bond acceptors (Lipinski definition) is 3. The Hall–Kier alpha value is -0.750. The van der Waals surface area contributed by atoms with E-state index in [0.717, 1.165) is 0 Å². The third-order valence-electron chi connectivity index (χ3n) is 1.87. The van der Waals surface area contributed by atoms with Crippen LogP contribution in [0, 0.1) is 0 Å². The van der Waals surface area contributed by atoms with Crippen LogP contribution in [-0.2, 0) is 10.0 Å². The highest BCUT2D eigenvalue weighted by atomic mass is 35.5. The van der Waals surface area contributed by atoms with Crippen LogP contribution in [0.5, 0.6) is 5.75 Å². The number of nitrogens with two attached hydrogens (primary N) is 1. The quantitative estimate of drug-likeness (QED) is 0.670. The molecule has 4 nitrogen and oxygen atoms in total. The van der Waals surface area contributed by atoms with Crippen molar-refractivity contribution in [3.8, 4) is 5.75 Å². The molecule has 0 aliphatic carbocycles. The summed E-state index contributed by atoms with van der Waals surface area (Å²) in [6.07, 6.45) is 2.31. The van der Waals surface area contributed by atoms with Gasteiger partial charge in [0.1, 0.15) is 0 Å². The average Bonchev–Trinajstić information content (AvgIpc) is 2.20. The van der Waals surface area contributed by atoms with E-state index in [9.17, 15) is 8.42 Å². The minimum atomic E-state index is -3.83. The van der Waals surface area contributed by atoms with E-state index in [1.807, 2.05) is 0 Å². The highest BCUT2D eigenvalue weighted by Crippen LogP contribution is 2.35. The Morgan fingerprint density at radius 3 is 2.29 bits per heavy atom. The van der Waals surface area contributed by atoms with Gasteiger partial charge in [-0.1, -0.05) is 29.3 Å². The largest absolute Gasteiger partial charge is 0.490 e. The van der Waals surface area contributed by atoms with Gasteiger partial charge in [-0.15, -0.1) is 6.58 Å². The smallest absolute Gasteiger partial charge is 0.238 e. The summed E-state index contributed by atoms with van der Waals surface area (Å²) in [5.41, 5.74) is 0. The first-order valence-electron chi connectivity index (χ1n) is 4.62. The fraction of sp³-hybridized carbons (Fsp3) is 0.200. The Kier molecular flexibility index (Phi) is 4.82. The predicted molar refractivity (Wildman–Crippen MR) is 68.1 cm³/mol. The number of rotatable bonds is 5. The van der Waals surface area contributed by atoms with Crippen molar-refractivity contribution in [2.24, 2.45) is 5.14 Å². The number of benzene rings is 1. The fourth-order valence-electron chi connectivity index (χ4n) is 1.08. The molecule has 0 aromatic heterocycles. The molecule has 0 atom stereocenters. The Bertz CT molecular complexity index is 505. The maximum atomic E-state index is 11.1. The summed E-state index contributed by atoms with van der Waals surface area (Å²) >= 11 is 11.7. The Balaban J connectivity index is 3.07. The van der Waals surface area contributed by atoms with Crippen molar-refractivity contribution in [3.05, 3.63) is 34.8 Å². The predicted octanol–water partition coefficient (Wildman–Crippen LogP) is 2.60. The SMILES string of the molecule is C=CCCOc1c(Cl)cc(S(N)(=O)=O)cc1Cl. The second-order valence-corrected chi connectivity index (χ2v) is 5.56. The molecule has 7 heteroatoms. The Labute approximate surface area is 110 Å². The second-order valence-electron chi connectivity index (χ2n) is 3.19. The van der Waals surface area contributed by atoms with Gasteiger partial charge in [-0.05, 0) is 18.6 Å². The van der Waals surface area contributed by atoms with Crippen molar-refractivity contribution in [2.45, 2.75) is 11.3 Å². The number of ether oxygens (including phenoxy) is 1. The molecule has 17 heavy (non-hydrogen) atoms. The number of primary sulfonamides is 1. The van der Waals surface area contributed by atoms with Crippen LogP contribution < -0.4 is 9.88 Å². The topological polar surface area (TPSA) is 69.4 Å². The molecule has 0 saturated carbocycles. The lowest BCUT2D eigenvalue weighted by molar-refractivity contribution is 0.325. The van der Waals surface area contributed by atoms with Crippen LogP contribution in [0.15, 0.2) is 29.7 Å². The van der Waals surface area contributed by atoms with Crippen molar-refractivity contribution in [1.29, 1.82) is 0 Å². The van der Waals surface area contributed by atoms with Crippen LogP contribution in [-0.4, -0.2) is 15.0 Å². The molecule has 0 aliphatic rings. The minimum Gasteiger partial charge on any atom is -0.490 e. The van der Waals surface area contributed by atoms with E-state index in [1.54, 1.807) is 6.08 Å². The second kappa shape index (κ2) is 5.73. The molecule has 0 radical (unpaired) electrons. The summed E-state index contributed by atoms with van der Waals surface area (Å²) in [6.45, 7) is 3.90. The van der Waals surface area contributed by atoms with Gasteiger partial charge in [0.05, 0.1) is 21.5 Å². The van der Waals surface area contributed by atoms with Crippen LogP contribution in [0.25, 0.3) is 0 Å². The molecular weight excluding hydrogens is 285 g/mol. The zero-order valence-corrected chi connectivity index (χ0v) is 11.1. The highest BCUT2D eigenvalue weighted by molar-refractivity contribution is 7.89. The lowest BCUT2D eigenvalue weighted by atomic mass is 10.3. The third kappa shape index (κ3) is 3.89. The van der Waals surface area contributed by atoms with Gasteiger partial charge >= 0.3 is 0 Å². The summed E-state index contributed by atoms with van der Waals surface area (Å²) in [5.74, 6) is 0.239. The molecule has 1 aromatic carbocycles. The first-order valence-corrected chi connectivity index (χ1v) is 6.92. The fourth-order valence-corrected chi connectivity index (χ4v) is 2.37. The van der Waals surface area contributed by atoms with Crippen molar-refractivity contribution >= 4 is 33.2 Å². The summed E-state index contributed by atoms with van der Waals surface area (Å²) in [5, 5.41) is 5.17. The van der Waals surface area contributed by atoms with E-state index >= 15 is 0 Å². The third-order valence-corrected chi connectivity index (χ3v) is 3.32. The first-order chi connectivity index (χ1) is 7.86. The van der Waals surface area contributed by atoms with Crippen LogP contribution >= 0.6 is 23.2 Å². The van der Waals surface area contributed by atoms with Crippen LogP contribution in [0.2, 0.25) is 10.0 Å². The summed E-state index contributed by atoms with van der Waals surface area (Å²) in [4.78, 5) is -0.149. The first kappa shape index (κ1) is 14.3. The lowest BCUT2D eigenvalue weighted by Crippen LogP contribution is -2.12. The zero-order chi connectivity index (χ0) is 13.1. The van der Waals surface area contributed by atoms with Crippen molar-refractivity contribution < 1.29 is 13.2 Å². The van der Waals surface area contributed by atoms with E-state index in [-0.39, 0.29) is 20.7 Å². The van der Waals surface area contributed by atoms with E-state index in [1.165, 1.54) is 12.1 Å². The molecule has 1 rings (SSSR count). The molecule has 2 N–H and O–H groups in total. The van der Waals surface area contributed by atoms with E-state index < -0.39 is 10.0 Å². The molecule has 0 heterocycles. The Morgan fingerprint density at radius 1 is 1.35 bits per heavy atom. The molecule has 0 amide bonds. The van der Waals surface area contributed by atoms with Gasteiger partial charge in [0.25, 0.3) is 0 Å². The van der Waals surface area contributed by atoms with Gasteiger partial charge < -0.3 is 4.74 Å². The van der Waals surface area contributed by atoms with Gasteiger partial charge in [0, 0.05) is 0 Å². The van der Waals surface area contributed by atoms with Gasteiger partial charge in [0.2, 0.25) is 10.0 Å². The molecule has 0 spiro atoms. The number of hydrogen-bond donors (Lipinski definition) is 1. The molecule has 0 fully saturated rings.